The van der Waals surface area contributed by atoms with E-state index in [0.717, 1.165) is 22.3 Å². The van der Waals surface area contributed by atoms with E-state index in [2.05, 4.69) is 27.2 Å². The molecule has 4 aromatic rings. The number of nitrogens with zero attached hydrogens (tertiary/aromatic N) is 4. The number of carbonyl (C=O) groups excluding carboxylic acids is 2. The molecule has 36 heavy (non-hydrogen) atoms. The molecule has 1 aliphatic heterocycles. The first-order valence-electron chi connectivity index (χ1n) is 11.4. The molecule has 0 saturated heterocycles. The van der Waals surface area contributed by atoms with E-state index in [1.165, 1.54) is 9.58 Å². The number of pyridine rings is 1. The lowest BCUT2D eigenvalue weighted by atomic mass is 10.1. The van der Waals surface area contributed by atoms with Gasteiger partial charge in [-0.15, -0.1) is 0 Å². The van der Waals surface area contributed by atoms with Crippen molar-refractivity contribution in [3.8, 4) is 17.6 Å². The molecule has 1 aliphatic rings. The summed E-state index contributed by atoms with van der Waals surface area (Å²) in [5.41, 5.74) is 4.11. The van der Waals surface area contributed by atoms with Gasteiger partial charge in [0.1, 0.15) is 18.4 Å². The van der Waals surface area contributed by atoms with E-state index in [1.807, 2.05) is 48.5 Å². The van der Waals surface area contributed by atoms with Crippen LogP contribution in [0.2, 0.25) is 0 Å². The Morgan fingerprint density at radius 1 is 1.06 bits per heavy atom. The Morgan fingerprint density at radius 3 is 2.69 bits per heavy atom. The number of aromatic nitrogens is 3. The fourth-order valence-corrected chi connectivity index (χ4v) is 3.87. The summed E-state index contributed by atoms with van der Waals surface area (Å²) in [5.74, 6) is 6.39. The molecule has 8 nitrogen and oxygen atoms in total. The normalized spacial score (nSPS) is 14.6. The Hall–Kier alpha value is -4.90. The summed E-state index contributed by atoms with van der Waals surface area (Å²) in [5, 5.41) is 6.90. The second-order valence-electron chi connectivity index (χ2n) is 8.34. The van der Waals surface area contributed by atoms with Crippen molar-refractivity contribution >= 4 is 17.6 Å². The minimum Gasteiger partial charge on any atom is -0.489 e. The third-order valence-electron chi connectivity index (χ3n) is 5.76. The van der Waals surface area contributed by atoms with E-state index < -0.39 is 12.1 Å². The molecule has 1 atom stereocenters. The minimum absolute atomic E-state index is 0.000758. The van der Waals surface area contributed by atoms with Crippen LogP contribution in [-0.2, 0) is 11.2 Å². The number of amides is 2. The van der Waals surface area contributed by atoms with E-state index in [9.17, 15) is 9.59 Å². The van der Waals surface area contributed by atoms with Gasteiger partial charge < -0.3 is 15.0 Å². The summed E-state index contributed by atoms with van der Waals surface area (Å²) < 4.78 is 7.08. The quantitative estimate of drug-likeness (QED) is 0.458. The van der Waals surface area contributed by atoms with Crippen LogP contribution in [-0.4, -0.2) is 46.4 Å². The Balaban J connectivity index is 1.28. The summed E-state index contributed by atoms with van der Waals surface area (Å²) in [6, 6.07) is 17.7. The predicted octanol–water partition coefficient (Wildman–Crippen LogP) is 3.25. The van der Waals surface area contributed by atoms with Crippen LogP contribution < -0.4 is 15.0 Å². The van der Waals surface area contributed by atoms with Crippen molar-refractivity contribution in [2.75, 3.05) is 18.6 Å². The van der Waals surface area contributed by atoms with Gasteiger partial charge >= 0.3 is 6.03 Å². The Kier molecular flexibility index (Phi) is 6.45. The highest BCUT2D eigenvalue weighted by molar-refractivity contribution is 6.00. The second-order valence-corrected chi connectivity index (χ2v) is 8.34. The summed E-state index contributed by atoms with van der Waals surface area (Å²) >= 11 is 0. The second kappa shape index (κ2) is 10.2. The van der Waals surface area contributed by atoms with Crippen molar-refractivity contribution in [1.82, 2.24) is 20.1 Å². The smallest absolute Gasteiger partial charge is 0.342 e. The molecule has 5 rings (SSSR count). The van der Waals surface area contributed by atoms with Crippen LogP contribution in [0.4, 0.5) is 10.5 Å². The topological polar surface area (TPSA) is 89.4 Å². The maximum absolute atomic E-state index is 13.2. The fraction of sp³-hybridized carbons (Fsp3) is 0.143. The van der Waals surface area contributed by atoms with Crippen molar-refractivity contribution in [2.24, 2.45) is 0 Å². The van der Waals surface area contributed by atoms with Gasteiger partial charge in [-0.05, 0) is 41.5 Å². The zero-order chi connectivity index (χ0) is 24.9. The highest BCUT2D eigenvalue weighted by Crippen LogP contribution is 2.31. The third kappa shape index (κ3) is 5.10. The van der Waals surface area contributed by atoms with Crippen LogP contribution in [0.3, 0.4) is 0 Å². The minimum atomic E-state index is -0.874. The van der Waals surface area contributed by atoms with Crippen molar-refractivity contribution < 1.29 is 14.3 Å². The summed E-state index contributed by atoms with van der Waals surface area (Å²) in [7, 11) is 1.65. The summed E-state index contributed by atoms with van der Waals surface area (Å²) in [6.45, 7) is 0.000758. The summed E-state index contributed by atoms with van der Waals surface area (Å²) in [4.78, 5) is 31.5. The van der Waals surface area contributed by atoms with Gasteiger partial charge in [0.05, 0.1) is 11.9 Å². The molecule has 1 N–H and O–H groups in total. The lowest BCUT2D eigenvalue weighted by molar-refractivity contribution is -0.120. The molecule has 0 bridgehead atoms. The van der Waals surface area contributed by atoms with Gasteiger partial charge in [0, 0.05) is 43.2 Å². The van der Waals surface area contributed by atoms with Crippen molar-refractivity contribution in [3.63, 3.8) is 0 Å². The number of likely N-dealkylation sites (N-methyl/N-ethyl adjacent to an activating group) is 1. The lowest BCUT2D eigenvalue weighted by Crippen LogP contribution is -2.50. The van der Waals surface area contributed by atoms with Gasteiger partial charge in [0.15, 0.2) is 0 Å². The number of hydrogen-bond acceptors (Lipinski definition) is 5. The first-order valence-corrected chi connectivity index (χ1v) is 11.4. The molecule has 0 radical (unpaired) electrons. The van der Waals surface area contributed by atoms with E-state index >= 15 is 0 Å². The highest BCUT2D eigenvalue weighted by atomic mass is 16.5. The maximum Gasteiger partial charge on any atom is 0.342 e. The number of hydrogen-bond donors (Lipinski definition) is 1. The molecule has 8 heteroatoms. The van der Waals surface area contributed by atoms with Gasteiger partial charge in [-0.25, -0.2) is 4.79 Å². The van der Waals surface area contributed by atoms with E-state index in [-0.39, 0.29) is 12.5 Å². The Morgan fingerprint density at radius 2 is 1.89 bits per heavy atom. The fourth-order valence-electron chi connectivity index (χ4n) is 3.87. The zero-order valence-electron chi connectivity index (χ0n) is 19.6. The average molecular weight is 478 g/mol. The molecule has 2 aromatic carbocycles. The first-order chi connectivity index (χ1) is 17.6. The number of rotatable bonds is 3. The predicted molar refractivity (Wildman–Crippen MR) is 135 cm³/mol. The molecule has 0 unspecified atom stereocenters. The standard InChI is InChI=1S/C28H23N5O3/c1-32-25-15-21(9-10-22-8-5-13-29-16-22)11-12-26(25)36-19-24(27(32)34)31-28(35)33-18-23(17-30-33)14-20-6-3-2-4-7-20/h2-8,11-13,15-18,24H,14,19H2,1H3,(H,31,35)/t24-/m1/s1. The van der Waals surface area contributed by atoms with Crippen LogP contribution in [0.25, 0.3) is 0 Å². The van der Waals surface area contributed by atoms with Gasteiger partial charge in [0.2, 0.25) is 0 Å². The van der Waals surface area contributed by atoms with E-state index in [1.54, 1.807) is 44.0 Å². The maximum atomic E-state index is 13.2. The van der Waals surface area contributed by atoms with Crippen molar-refractivity contribution in [3.05, 3.63) is 108 Å². The first kappa shape index (κ1) is 22.9. The number of anilines is 1. The number of carbonyl (C=O) groups is 2. The lowest BCUT2D eigenvalue weighted by Gasteiger charge is -2.20. The van der Waals surface area contributed by atoms with Crippen LogP contribution >= 0.6 is 0 Å². The van der Waals surface area contributed by atoms with Crippen LogP contribution in [0.5, 0.6) is 5.75 Å². The molecule has 0 fully saturated rings. The van der Waals surface area contributed by atoms with Gasteiger partial charge in [-0.3, -0.25) is 9.78 Å². The Labute approximate surface area is 208 Å². The molecule has 2 aromatic heterocycles. The number of benzene rings is 2. The van der Waals surface area contributed by atoms with Gasteiger partial charge in [-0.1, -0.05) is 42.2 Å². The zero-order valence-corrected chi connectivity index (χ0v) is 19.6. The molecule has 0 spiro atoms. The SMILES string of the molecule is CN1C(=O)[C@H](NC(=O)n2cc(Cc3ccccc3)cn2)COc2ccc(C#Cc3cccnc3)cc21. The number of ether oxygens (including phenoxy) is 1. The monoisotopic (exact) mass is 477 g/mol. The molecular weight excluding hydrogens is 454 g/mol. The van der Waals surface area contributed by atoms with E-state index in [4.69, 9.17) is 4.74 Å². The molecule has 3 heterocycles. The third-order valence-corrected chi connectivity index (χ3v) is 5.76. The number of fused-ring (bicyclic) bond motifs is 1. The van der Waals surface area contributed by atoms with Crippen molar-refractivity contribution in [2.45, 2.75) is 12.5 Å². The van der Waals surface area contributed by atoms with Crippen LogP contribution in [0.1, 0.15) is 22.3 Å². The van der Waals surface area contributed by atoms with Gasteiger partial charge in [0.25, 0.3) is 5.91 Å². The van der Waals surface area contributed by atoms with Crippen LogP contribution in [0, 0.1) is 11.8 Å². The molecule has 2 amide bonds. The molecule has 178 valence electrons. The van der Waals surface area contributed by atoms with Crippen LogP contribution in [0.15, 0.2) is 85.5 Å². The molecular formula is C28H23N5O3. The highest BCUT2D eigenvalue weighted by Gasteiger charge is 2.31. The average Bonchev–Trinajstić information content (AvgIpc) is 3.35. The summed E-state index contributed by atoms with van der Waals surface area (Å²) in [6.07, 6.45) is 7.34. The van der Waals surface area contributed by atoms with Gasteiger partial charge in [-0.2, -0.15) is 9.78 Å². The van der Waals surface area contributed by atoms with E-state index in [0.29, 0.717) is 17.9 Å². The molecule has 0 saturated carbocycles. The molecule has 0 aliphatic carbocycles. The largest absolute Gasteiger partial charge is 0.489 e. The number of nitrogens with one attached hydrogen (secondary N) is 1. The Bertz CT molecular complexity index is 1450. The van der Waals surface area contributed by atoms with Crippen molar-refractivity contribution in [1.29, 1.82) is 0 Å².